The lowest BCUT2D eigenvalue weighted by Crippen LogP contribution is -2.22. The number of benzene rings is 2. The molecule has 26 heavy (non-hydrogen) atoms. The maximum absolute atomic E-state index is 12.3. The summed E-state index contributed by atoms with van der Waals surface area (Å²) < 4.78 is 10.4. The number of amides is 1. The van der Waals surface area contributed by atoms with Crippen LogP contribution in [-0.2, 0) is 0 Å². The molecule has 0 aliphatic heterocycles. The molecule has 0 aliphatic carbocycles. The van der Waals surface area contributed by atoms with Gasteiger partial charge in [-0.05, 0) is 29.8 Å². The Balaban J connectivity index is 1.80. The summed E-state index contributed by atoms with van der Waals surface area (Å²) in [4.78, 5) is 24.1. The lowest BCUT2D eigenvalue weighted by atomic mass is 10.1. The van der Waals surface area contributed by atoms with Crippen molar-refractivity contribution in [2.24, 2.45) is 5.10 Å². The molecule has 3 aromatic rings. The Kier molecular flexibility index (Phi) is 4.93. The summed E-state index contributed by atoms with van der Waals surface area (Å²) in [6.45, 7) is 0. The van der Waals surface area contributed by atoms with E-state index in [-0.39, 0.29) is 11.3 Å². The zero-order valence-electron chi connectivity index (χ0n) is 14.1. The number of hydrogen-bond acceptors (Lipinski definition) is 6. The van der Waals surface area contributed by atoms with Crippen LogP contribution in [0, 0.1) is 0 Å². The van der Waals surface area contributed by atoms with Gasteiger partial charge in [-0.1, -0.05) is 18.2 Å². The minimum Gasteiger partial charge on any atom is -0.493 e. The molecule has 8 heteroatoms. The van der Waals surface area contributed by atoms with Crippen molar-refractivity contribution < 1.29 is 14.3 Å². The number of hydrazone groups is 1. The van der Waals surface area contributed by atoms with E-state index in [0.717, 1.165) is 0 Å². The van der Waals surface area contributed by atoms with E-state index >= 15 is 0 Å². The van der Waals surface area contributed by atoms with Gasteiger partial charge in [0.15, 0.2) is 17.2 Å². The summed E-state index contributed by atoms with van der Waals surface area (Å²) in [6.07, 6.45) is 1.47. The highest BCUT2D eigenvalue weighted by atomic mass is 16.5. The first-order valence-electron chi connectivity index (χ1n) is 7.67. The number of fused-ring (bicyclic) bond motifs is 1. The SMILES string of the molecule is COc1ccc(/C=N\NC(=O)c2n[nH]c(=O)c3ccccc23)cc1OC. The van der Waals surface area contributed by atoms with Gasteiger partial charge in [-0.25, -0.2) is 10.5 Å². The molecule has 0 atom stereocenters. The summed E-state index contributed by atoms with van der Waals surface area (Å²) in [5, 5.41) is 10.9. The maximum Gasteiger partial charge on any atom is 0.292 e. The molecule has 0 spiro atoms. The fourth-order valence-electron chi connectivity index (χ4n) is 2.44. The molecule has 0 saturated heterocycles. The number of nitrogens with zero attached hydrogens (tertiary/aromatic N) is 2. The quantitative estimate of drug-likeness (QED) is 0.537. The predicted octanol–water partition coefficient (Wildman–Crippen LogP) is 1.70. The monoisotopic (exact) mass is 352 g/mol. The highest BCUT2D eigenvalue weighted by Crippen LogP contribution is 2.26. The molecule has 1 heterocycles. The van der Waals surface area contributed by atoms with E-state index in [0.29, 0.717) is 27.8 Å². The molecule has 132 valence electrons. The van der Waals surface area contributed by atoms with E-state index in [1.165, 1.54) is 13.3 Å². The van der Waals surface area contributed by atoms with E-state index < -0.39 is 5.91 Å². The van der Waals surface area contributed by atoms with Crippen molar-refractivity contribution in [2.75, 3.05) is 14.2 Å². The van der Waals surface area contributed by atoms with Crippen LogP contribution in [0.15, 0.2) is 52.4 Å². The molecule has 0 radical (unpaired) electrons. The topological polar surface area (TPSA) is 106 Å². The first kappa shape index (κ1) is 17.2. The van der Waals surface area contributed by atoms with Crippen molar-refractivity contribution in [3.63, 3.8) is 0 Å². The zero-order valence-corrected chi connectivity index (χ0v) is 14.1. The van der Waals surface area contributed by atoms with E-state index in [4.69, 9.17) is 9.47 Å². The van der Waals surface area contributed by atoms with Gasteiger partial charge < -0.3 is 9.47 Å². The first-order valence-corrected chi connectivity index (χ1v) is 7.67. The van der Waals surface area contributed by atoms with E-state index in [9.17, 15) is 9.59 Å². The number of ether oxygens (including phenoxy) is 2. The number of methoxy groups -OCH3 is 2. The lowest BCUT2D eigenvalue weighted by Gasteiger charge is -2.07. The van der Waals surface area contributed by atoms with Gasteiger partial charge >= 0.3 is 0 Å². The highest BCUT2D eigenvalue weighted by Gasteiger charge is 2.13. The third kappa shape index (κ3) is 3.39. The van der Waals surface area contributed by atoms with Gasteiger partial charge in [0.25, 0.3) is 11.5 Å². The van der Waals surface area contributed by atoms with Crippen LogP contribution >= 0.6 is 0 Å². The van der Waals surface area contributed by atoms with Crippen LogP contribution < -0.4 is 20.5 Å². The molecule has 3 rings (SSSR count). The minimum absolute atomic E-state index is 0.0876. The number of rotatable bonds is 5. The molecule has 1 aromatic heterocycles. The molecule has 8 nitrogen and oxygen atoms in total. The summed E-state index contributed by atoms with van der Waals surface area (Å²) in [5.41, 5.74) is 2.84. The third-order valence-corrected chi connectivity index (χ3v) is 3.70. The molecular weight excluding hydrogens is 336 g/mol. The van der Waals surface area contributed by atoms with Gasteiger partial charge in [-0.3, -0.25) is 9.59 Å². The van der Waals surface area contributed by atoms with Crippen molar-refractivity contribution in [1.82, 2.24) is 15.6 Å². The number of carbonyl (C=O) groups is 1. The van der Waals surface area contributed by atoms with Crippen LogP contribution in [0.2, 0.25) is 0 Å². The van der Waals surface area contributed by atoms with Crippen LogP contribution in [0.25, 0.3) is 10.8 Å². The van der Waals surface area contributed by atoms with Crippen LogP contribution in [0.5, 0.6) is 11.5 Å². The highest BCUT2D eigenvalue weighted by molar-refractivity contribution is 6.04. The van der Waals surface area contributed by atoms with Crippen LogP contribution in [0.1, 0.15) is 16.1 Å². The second kappa shape index (κ2) is 7.47. The zero-order chi connectivity index (χ0) is 18.5. The number of aromatic amines is 1. The molecular formula is C18H16N4O4. The van der Waals surface area contributed by atoms with Crippen molar-refractivity contribution in [2.45, 2.75) is 0 Å². The van der Waals surface area contributed by atoms with Crippen molar-refractivity contribution in [1.29, 1.82) is 0 Å². The number of H-pyrrole nitrogens is 1. The first-order chi connectivity index (χ1) is 12.6. The summed E-state index contributed by atoms with van der Waals surface area (Å²) in [5.74, 6) is 0.614. The average molecular weight is 352 g/mol. The Hall–Kier alpha value is -3.68. The van der Waals surface area contributed by atoms with Gasteiger partial charge in [0.1, 0.15) is 0 Å². The Morgan fingerprint density at radius 1 is 1.12 bits per heavy atom. The standard InChI is InChI=1S/C18H16N4O4/c1-25-14-8-7-11(9-15(14)26-2)10-19-21-18(24)16-12-5-3-4-6-13(12)17(23)22-20-16/h3-10H,1-2H3,(H,21,24)(H,22,23)/b19-10-. The van der Waals surface area contributed by atoms with Crippen LogP contribution in [-0.4, -0.2) is 36.5 Å². The summed E-state index contributed by atoms with van der Waals surface area (Å²) in [7, 11) is 3.08. The Bertz CT molecular complexity index is 1040. The normalized spacial score (nSPS) is 10.8. The summed E-state index contributed by atoms with van der Waals surface area (Å²) >= 11 is 0. The van der Waals surface area contributed by atoms with E-state index in [1.807, 2.05) is 0 Å². The predicted molar refractivity (Wildman–Crippen MR) is 97.0 cm³/mol. The average Bonchev–Trinajstić information content (AvgIpc) is 2.68. The minimum atomic E-state index is -0.533. The fourth-order valence-corrected chi connectivity index (χ4v) is 2.44. The Labute approximate surface area is 148 Å². The largest absolute Gasteiger partial charge is 0.493 e. The number of nitrogens with one attached hydrogen (secondary N) is 2. The second-order valence-corrected chi connectivity index (χ2v) is 5.26. The van der Waals surface area contributed by atoms with Gasteiger partial charge in [-0.2, -0.15) is 10.2 Å². The smallest absolute Gasteiger partial charge is 0.292 e. The third-order valence-electron chi connectivity index (χ3n) is 3.70. The van der Waals surface area contributed by atoms with Crippen molar-refractivity contribution in [3.8, 4) is 11.5 Å². The fraction of sp³-hybridized carbons (Fsp3) is 0.111. The van der Waals surface area contributed by atoms with Crippen molar-refractivity contribution in [3.05, 3.63) is 64.1 Å². The Morgan fingerprint density at radius 2 is 1.85 bits per heavy atom. The maximum atomic E-state index is 12.3. The molecule has 0 fully saturated rings. The molecule has 0 bridgehead atoms. The molecule has 2 aromatic carbocycles. The summed E-state index contributed by atoms with van der Waals surface area (Å²) in [6, 6.07) is 12.0. The van der Waals surface area contributed by atoms with Crippen LogP contribution in [0.4, 0.5) is 0 Å². The number of aromatic nitrogens is 2. The van der Waals surface area contributed by atoms with Gasteiger partial charge in [0.2, 0.25) is 0 Å². The van der Waals surface area contributed by atoms with Gasteiger partial charge in [-0.15, -0.1) is 0 Å². The number of hydrogen-bond donors (Lipinski definition) is 2. The second-order valence-electron chi connectivity index (χ2n) is 5.26. The van der Waals surface area contributed by atoms with Crippen LogP contribution in [0.3, 0.4) is 0 Å². The van der Waals surface area contributed by atoms with Crippen molar-refractivity contribution >= 4 is 22.9 Å². The molecule has 2 N–H and O–H groups in total. The van der Waals surface area contributed by atoms with E-state index in [2.05, 4.69) is 20.7 Å². The van der Waals surface area contributed by atoms with Gasteiger partial charge in [0, 0.05) is 5.39 Å². The molecule has 0 saturated carbocycles. The lowest BCUT2D eigenvalue weighted by molar-refractivity contribution is 0.0951. The molecule has 0 aliphatic rings. The van der Waals surface area contributed by atoms with Gasteiger partial charge in [0.05, 0.1) is 25.8 Å². The van der Waals surface area contributed by atoms with E-state index in [1.54, 1.807) is 49.6 Å². The number of carbonyl (C=O) groups excluding carboxylic acids is 1. The molecule has 1 amide bonds. The Morgan fingerprint density at radius 3 is 2.58 bits per heavy atom. The molecule has 0 unspecified atom stereocenters.